The summed E-state index contributed by atoms with van der Waals surface area (Å²) in [4.78, 5) is 2.80. The molecule has 0 bridgehead atoms. The molecule has 0 amide bonds. The zero-order valence-electron chi connectivity index (χ0n) is 11.6. The van der Waals surface area contributed by atoms with Gasteiger partial charge in [-0.2, -0.15) is 0 Å². The van der Waals surface area contributed by atoms with Gasteiger partial charge in [0.25, 0.3) is 0 Å². The van der Waals surface area contributed by atoms with Gasteiger partial charge in [-0.3, -0.25) is 0 Å². The van der Waals surface area contributed by atoms with E-state index in [0.717, 1.165) is 12.8 Å². The number of hydrogen-bond acceptors (Lipinski definition) is 3. The Morgan fingerprint density at radius 1 is 1.33 bits per heavy atom. The number of nitrogens with one attached hydrogen (secondary N) is 1. The van der Waals surface area contributed by atoms with Gasteiger partial charge in [-0.25, -0.2) is 0 Å². The predicted octanol–water partition coefficient (Wildman–Crippen LogP) is 3.35. The molecule has 1 aliphatic carbocycles. The first-order valence-corrected chi connectivity index (χ1v) is 7.53. The van der Waals surface area contributed by atoms with Crippen molar-refractivity contribution in [3.8, 4) is 0 Å². The first kappa shape index (κ1) is 13.8. The molecule has 0 spiro atoms. The molecule has 1 aromatic heterocycles. The highest BCUT2D eigenvalue weighted by atomic mass is 32.1. The highest BCUT2D eigenvalue weighted by Gasteiger charge is 2.21. The van der Waals surface area contributed by atoms with Crippen molar-refractivity contribution in [2.24, 2.45) is 5.73 Å². The lowest BCUT2D eigenvalue weighted by atomic mass is 9.95. The van der Waals surface area contributed by atoms with E-state index in [1.807, 2.05) is 11.3 Å². The van der Waals surface area contributed by atoms with Crippen LogP contribution in [0.25, 0.3) is 0 Å². The van der Waals surface area contributed by atoms with E-state index in [2.05, 4.69) is 50.4 Å². The van der Waals surface area contributed by atoms with E-state index in [4.69, 9.17) is 5.73 Å². The maximum atomic E-state index is 5.92. The standard InChI is InChI=1S/C15H24N2S/c1-15(2,3)14-9-8-13(18-14)12(10-16)17-11-6-4-5-7-11/h4-5,8-9,11-12,17H,6-7,10,16H2,1-3H3. The highest BCUT2D eigenvalue weighted by Crippen LogP contribution is 2.32. The molecule has 1 unspecified atom stereocenters. The molecular weight excluding hydrogens is 240 g/mol. The lowest BCUT2D eigenvalue weighted by Crippen LogP contribution is -2.34. The Bertz CT molecular complexity index is 406. The van der Waals surface area contributed by atoms with Crippen LogP contribution in [0.5, 0.6) is 0 Å². The van der Waals surface area contributed by atoms with Crippen LogP contribution >= 0.6 is 11.3 Å². The van der Waals surface area contributed by atoms with Gasteiger partial charge in [-0.15, -0.1) is 11.3 Å². The summed E-state index contributed by atoms with van der Waals surface area (Å²) >= 11 is 1.89. The second-order valence-electron chi connectivity index (χ2n) is 6.05. The first-order chi connectivity index (χ1) is 8.50. The molecule has 1 atom stereocenters. The van der Waals surface area contributed by atoms with Crippen LogP contribution in [0.4, 0.5) is 0 Å². The van der Waals surface area contributed by atoms with E-state index in [0.29, 0.717) is 18.6 Å². The summed E-state index contributed by atoms with van der Waals surface area (Å²) in [6, 6.07) is 5.35. The van der Waals surface area contributed by atoms with Crippen LogP contribution in [-0.4, -0.2) is 12.6 Å². The van der Waals surface area contributed by atoms with Crippen molar-refractivity contribution in [2.75, 3.05) is 6.54 Å². The summed E-state index contributed by atoms with van der Waals surface area (Å²) in [5.41, 5.74) is 6.16. The summed E-state index contributed by atoms with van der Waals surface area (Å²) in [6.07, 6.45) is 6.77. The van der Waals surface area contributed by atoms with Gasteiger partial charge < -0.3 is 11.1 Å². The Morgan fingerprint density at radius 2 is 2.00 bits per heavy atom. The number of nitrogens with two attached hydrogens (primary N) is 1. The summed E-state index contributed by atoms with van der Waals surface area (Å²) in [6.45, 7) is 7.44. The number of hydrogen-bond donors (Lipinski definition) is 2. The molecular formula is C15H24N2S. The zero-order valence-corrected chi connectivity index (χ0v) is 12.4. The van der Waals surface area contributed by atoms with Gasteiger partial charge in [-0.05, 0) is 30.4 Å². The predicted molar refractivity (Wildman–Crippen MR) is 80.1 cm³/mol. The van der Waals surface area contributed by atoms with Crippen molar-refractivity contribution in [1.82, 2.24) is 5.32 Å². The highest BCUT2D eigenvalue weighted by molar-refractivity contribution is 7.12. The van der Waals surface area contributed by atoms with Crippen LogP contribution in [0.15, 0.2) is 24.3 Å². The molecule has 2 rings (SSSR count). The second kappa shape index (κ2) is 5.55. The first-order valence-electron chi connectivity index (χ1n) is 6.72. The van der Waals surface area contributed by atoms with Gasteiger partial charge >= 0.3 is 0 Å². The summed E-state index contributed by atoms with van der Waals surface area (Å²) in [5, 5.41) is 3.67. The maximum absolute atomic E-state index is 5.92. The molecule has 3 N–H and O–H groups in total. The Labute approximate surface area is 114 Å². The Kier molecular flexibility index (Phi) is 4.25. The van der Waals surface area contributed by atoms with E-state index in [-0.39, 0.29) is 5.41 Å². The van der Waals surface area contributed by atoms with Crippen molar-refractivity contribution < 1.29 is 0 Å². The minimum absolute atomic E-state index is 0.233. The van der Waals surface area contributed by atoms with E-state index in [1.165, 1.54) is 9.75 Å². The third kappa shape index (κ3) is 3.22. The zero-order chi connectivity index (χ0) is 13.2. The van der Waals surface area contributed by atoms with Crippen LogP contribution in [0.3, 0.4) is 0 Å². The molecule has 0 radical (unpaired) electrons. The molecule has 1 aromatic rings. The van der Waals surface area contributed by atoms with E-state index in [1.54, 1.807) is 0 Å². The fraction of sp³-hybridized carbons (Fsp3) is 0.600. The fourth-order valence-corrected chi connectivity index (χ4v) is 3.39. The van der Waals surface area contributed by atoms with Gasteiger partial charge in [0, 0.05) is 22.3 Å². The van der Waals surface area contributed by atoms with Crippen molar-refractivity contribution in [3.63, 3.8) is 0 Å². The molecule has 0 aliphatic heterocycles. The molecule has 1 aliphatic rings. The number of thiophene rings is 1. The summed E-state index contributed by atoms with van der Waals surface area (Å²) in [5.74, 6) is 0. The van der Waals surface area contributed by atoms with Gasteiger partial charge in [0.1, 0.15) is 0 Å². The molecule has 1 heterocycles. The minimum Gasteiger partial charge on any atom is -0.329 e. The Morgan fingerprint density at radius 3 is 2.50 bits per heavy atom. The minimum atomic E-state index is 0.233. The molecule has 0 saturated heterocycles. The molecule has 0 aromatic carbocycles. The third-order valence-electron chi connectivity index (χ3n) is 3.39. The van der Waals surface area contributed by atoms with Gasteiger partial charge in [0.2, 0.25) is 0 Å². The van der Waals surface area contributed by atoms with Crippen molar-refractivity contribution in [3.05, 3.63) is 34.0 Å². The van der Waals surface area contributed by atoms with Crippen LogP contribution < -0.4 is 11.1 Å². The third-order valence-corrected chi connectivity index (χ3v) is 5.01. The fourth-order valence-electron chi connectivity index (χ4n) is 2.25. The quantitative estimate of drug-likeness (QED) is 0.818. The molecule has 2 nitrogen and oxygen atoms in total. The molecule has 0 saturated carbocycles. The van der Waals surface area contributed by atoms with E-state index < -0.39 is 0 Å². The largest absolute Gasteiger partial charge is 0.329 e. The lowest BCUT2D eigenvalue weighted by Gasteiger charge is -2.21. The average Bonchev–Trinajstić information content (AvgIpc) is 2.95. The van der Waals surface area contributed by atoms with Gasteiger partial charge in [-0.1, -0.05) is 32.9 Å². The summed E-state index contributed by atoms with van der Waals surface area (Å²) < 4.78 is 0. The Balaban J connectivity index is 2.05. The van der Waals surface area contributed by atoms with Gasteiger partial charge in [0.15, 0.2) is 0 Å². The van der Waals surface area contributed by atoms with Crippen LogP contribution in [0.2, 0.25) is 0 Å². The number of rotatable bonds is 4. The SMILES string of the molecule is CC(C)(C)c1ccc(C(CN)NC2CC=CC2)s1. The molecule has 100 valence electrons. The van der Waals surface area contributed by atoms with Crippen molar-refractivity contribution in [1.29, 1.82) is 0 Å². The molecule has 0 fully saturated rings. The van der Waals surface area contributed by atoms with Crippen LogP contribution in [-0.2, 0) is 5.41 Å². The lowest BCUT2D eigenvalue weighted by molar-refractivity contribution is 0.458. The topological polar surface area (TPSA) is 38.0 Å². The second-order valence-corrected chi connectivity index (χ2v) is 7.16. The van der Waals surface area contributed by atoms with Gasteiger partial charge in [0.05, 0.1) is 6.04 Å². The Hall–Kier alpha value is -0.640. The maximum Gasteiger partial charge on any atom is 0.0541 e. The van der Waals surface area contributed by atoms with Crippen molar-refractivity contribution in [2.45, 2.75) is 51.1 Å². The average molecular weight is 264 g/mol. The monoisotopic (exact) mass is 264 g/mol. The molecule has 3 heteroatoms. The van der Waals surface area contributed by atoms with Crippen molar-refractivity contribution >= 4 is 11.3 Å². The van der Waals surface area contributed by atoms with Crippen LogP contribution in [0.1, 0.15) is 49.4 Å². The smallest absolute Gasteiger partial charge is 0.0541 e. The van der Waals surface area contributed by atoms with Crippen LogP contribution in [0, 0.1) is 0 Å². The molecule has 18 heavy (non-hydrogen) atoms. The van der Waals surface area contributed by atoms with E-state index in [9.17, 15) is 0 Å². The summed E-state index contributed by atoms with van der Waals surface area (Å²) in [7, 11) is 0. The van der Waals surface area contributed by atoms with E-state index >= 15 is 0 Å². The normalized spacial score (nSPS) is 18.4.